The highest BCUT2D eigenvalue weighted by Crippen LogP contribution is 2.31. The summed E-state index contributed by atoms with van der Waals surface area (Å²) >= 11 is 3.05. The molecule has 1 amide bonds. The number of thioether (sulfide) groups is 1. The first-order valence-electron chi connectivity index (χ1n) is 9.93. The number of carbonyl (C=O) groups excluding carboxylic acids is 1. The van der Waals surface area contributed by atoms with E-state index in [-0.39, 0.29) is 35.3 Å². The fourth-order valence-electron chi connectivity index (χ4n) is 3.87. The smallest absolute Gasteiger partial charge is 0.233 e. The molecule has 0 spiro atoms. The van der Waals surface area contributed by atoms with E-state index >= 15 is 0 Å². The first kappa shape index (κ1) is 21.0. The third-order valence-electron chi connectivity index (χ3n) is 5.42. The number of ether oxygens (including phenoxy) is 1. The van der Waals surface area contributed by atoms with Crippen LogP contribution in [0.5, 0.6) is 0 Å². The highest BCUT2D eigenvalue weighted by atomic mass is 32.2. The monoisotopic (exact) mass is 455 g/mol. The average molecular weight is 456 g/mol. The number of fused-ring (bicyclic) bond motifs is 1. The Balaban J connectivity index is 1.48. The molecular weight excluding hydrogens is 430 g/mol. The van der Waals surface area contributed by atoms with Gasteiger partial charge in [-0.3, -0.25) is 4.79 Å². The molecule has 4 heterocycles. The first-order valence-corrected chi connectivity index (χ1v) is 13.5. The summed E-state index contributed by atoms with van der Waals surface area (Å²) < 4.78 is 29.7. The Kier molecular flexibility index (Phi) is 6.43. The largest absolute Gasteiger partial charge is 0.376 e. The predicted octanol–water partition coefficient (Wildman–Crippen LogP) is 2.54. The normalized spacial score (nSPS) is 23.6. The van der Waals surface area contributed by atoms with Crippen molar-refractivity contribution in [1.29, 1.82) is 0 Å². The number of hydrogen-bond acceptors (Lipinski definition) is 8. The second-order valence-corrected chi connectivity index (χ2v) is 11.8. The maximum atomic E-state index is 13.1. The van der Waals surface area contributed by atoms with Crippen LogP contribution in [0.2, 0.25) is 0 Å². The highest BCUT2D eigenvalue weighted by Gasteiger charge is 2.36. The molecule has 4 rings (SSSR count). The summed E-state index contributed by atoms with van der Waals surface area (Å²) in [6.07, 6.45) is 4.89. The van der Waals surface area contributed by atoms with Gasteiger partial charge in [0.05, 0.1) is 23.4 Å². The van der Waals surface area contributed by atoms with Gasteiger partial charge in [0.2, 0.25) is 5.91 Å². The molecule has 0 saturated carbocycles. The van der Waals surface area contributed by atoms with Crippen LogP contribution in [-0.2, 0) is 25.8 Å². The van der Waals surface area contributed by atoms with Crippen LogP contribution in [0.1, 0.15) is 31.1 Å². The molecular formula is C19H25N3O4S3. The third-order valence-corrected chi connectivity index (χ3v) is 9.35. The van der Waals surface area contributed by atoms with Gasteiger partial charge in [0.15, 0.2) is 9.84 Å². The van der Waals surface area contributed by atoms with Crippen LogP contribution in [0.25, 0.3) is 10.2 Å². The summed E-state index contributed by atoms with van der Waals surface area (Å²) in [6.45, 7) is 3.28. The van der Waals surface area contributed by atoms with Crippen LogP contribution in [-0.4, -0.2) is 71.7 Å². The molecule has 2 aliphatic rings. The van der Waals surface area contributed by atoms with Gasteiger partial charge >= 0.3 is 0 Å². The number of rotatable bonds is 7. The van der Waals surface area contributed by atoms with Gasteiger partial charge in [-0.25, -0.2) is 18.4 Å². The van der Waals surface area contributed by atoms with Crippen LogP contribution in [0.4, 0.5) is 0 Å². The molecule has 2 fully saturated rings. The second-order valence-electron chi connectivity index (χ2n) is 7.49. The SMILES string of the molecule is CCc1cc2c(SCC(=O)N(CC3CCCO3)C3CCS(=O)(=O)C3)ncnc2s1. The minimum Gasteiger partial charge on any atom is -0.376 e. The lowest BCUT2D eigenvalue weighted by atomic mass is 10.1. The van der Waals surface area contributed by atoms with Crippen LogP contribution in [0, 0.1) is 0 Å². The first-order chi connectivity index (χ1) is 13.9. The summed E-state index contributed by atoms with van der Waals surface area (Å²) in [7, 11) is -3.06. The van der Waals surface area contributed by atoms with Gasteiger partial charge in [0.1, 0.15) is 16.2 Å². The number of nitrogens with zero attached hydrogens (tertiary/aromatic N) is 3. The number of thiophene rings is 1. The zero-order chi connectivity index (χ0) is 20.4. The van der Waals surface area contributed by atoms with Crippen LogP contribution < -0.4 is 0 Å². The van der Waals surface area contributed by atoms with E-state index in [0.717, 1.165) is 34.5 Å². The van der Waals surface area contributed by atoms with Crippen LogP contribution in [0.3, 0.4) is 0 Å². The Morgan fingerprint density at radius 2 is 2.24 bits per heavy atom. The Hall–Kier alpha value is -1.23. The third kappa shape index (κ3) is 4.92. The number of hydrogen-bond donors (Lipinski definition) is 0. The highest BCUT2D eigenvalue weighted by molar-refractivity contribution is 8.00. The number of carbonyl (C=O) groups is 1. The van der Waals surface area contributed by atoms with E-state index in [1.807, 2.05) is 0 Å². The minimum atomic E-state index is -3.06. The fraction of sp³-hybridized carbons (Fsp3) is 0.632. The lowest BCUT2D eigenvalue weighted by Gasteiger charge is -2.30. The number of aromatic nitrogens is 2. The van der Waals surface area contributed by atoms with Crippen molar-refractivity contribution in [2.45, 2.75) is 49.8 Å². The number of sulfone groups is 1. The van der Waals surface area contributed by atoms with E-state index in [4.69, 9.17) is 4.74 Å². The fourth-order valence-corrected chi connectivity index (χ4v) is 7.46. The lowest BCUT2D eigenvalue weighted by Crippen LogP contribution is -2.46. The molecule has 0 aromatic carbocycles. The molecule has 0 aliphatic carbocycles. The Bertz CT molecular complexity index is 986. The van der Waals surface area contributed by atoms with Crippen molar-refractivity contribution in [2.24, 2.45) is 0 Å². The van der Waals surface area contributed by atoms with Crippen LogP contribution >= 0.6 is 23.1 Å². The molecule has 10 heteroatoms. The summed E-state index contributed by atoms with van der Waals surface area (Å²) in [6, 6.07) is 1.84. The van der Waals surface area contributed by atoms with Gasteiger partial charge in [-0.05, 0) is 31.7 Å². The predicted molar refractivity (Wildman–Crippen MR) is 115 cm³/mol. The second kappa shape index (κ2) is 8.87. The Morgan fingerprint density at radius 3 is 2.93 bits per heavy atom. The summed E-state index contributed by atoms with van der Waals surface area (Å²) in [5.74, 6) is 0.386. The van der Waals surface area contributed by atoms with E-state index in [1.54, 1.807) is 22.6 Å². The van der Waals surface area contributed by atoms with Gasteiger partial charge in [0, 0.05) is 29.5 Å². The van der Waals surface area contributed by atoms with Crippen molar-refractivity contribution >= 4 is 49.1 Å². The molecule has 29 heavy (non-hydrogen) atoms. The molecule has 2 saturated heterocycles. The molecule has 2 unspecified atom stereocenters. The van der Waals surface area contributed by atoms with Gasteiger partial charge in [-0.15, -0.1) is 11.3 Å². The summed E-state index contributed by atoms with van der Waals surface area (Å²) in [5.41, 5.74) is 0. The topological polar surface area (TPSA) is 89.5 Å². The lowest BCUT2D eigenvalue weighted by molar-refractivity contribution is -0.131. The summed E-state index contributed by atoms with van der Waals surface area (Å²) in [4.78, 5) is 25.7. The molecule has 2 atom stereocenters. The Labute approximate surface area is 179 Å². The maximum absolute atomic E-state index is 13.1. The minimum absolute atomic E-state index is 0.00185. The average Bonchev–Trinajstić information content (AvgIpc) is 3.43. The zero-order valence-electron chi connectivity index (χ0n) is 16.4. The van der Waals surface area contributed by atoms with E-state index in [2.05, 4.69) is 23.0 Å². The quantitative estimate of drug-likeness (QED) is 0.468. The van der Waals surface area contributed by atoms with Crippen molar-refractivity contribution in [2.75, 3.05) is 30.4 Å². The molecule has 2 aromatic rings. The molecule has 0 N–H and O–H groups in total. The van der Waals surface area contributed by atoms with Gasteiger partial charge in [-0.1, -0.05) is 18.7 Å². The van der Waals surface area contributed by atoms with Gasteiger partial charge < -0.3 is 9.64 Å². The Morgan fingerprint density at radius 1 is 1.38 bits per heavy atom. The molecule has 158 valence electrons. The van der Waals surface area contributed by atoms with Gasteiger partial charge in [0.25, 0.3) is 0 Å². The zero-order valence-corrected chi connectivity index (χ0v) is 18.8. The number of amides is 1. The molecule has 0 bridgehead atoms. The molecule has 2 aromatic heterocycles. The standard InChI is InChI=1S/C19H25N3O4S3/c1-2-15-8-16-18(20-12-21-19(16)28-15)27-10-17(23)22(9-14-4-3-6-26-14)13-5-7-29(24,25)11-13/h8,12-14H,2-7,9-11H2,1H3. The maximum Gasteiger partial charge on any atom is 0.233 e. The van der Waals surface area contributed by atoms with E-state index in [1.165, 1.54) is 16.6 Å². The number of aryl methyl sites for hydroxylation is 1. The molecule has 2 aliphatic heterocycles. The van der Waals surface area contributed by atoms with E-state index in [0.29, 0.717) is 19.6 Å². The van der Waals surface area contributed by atoms with Crippen molar-refractivity contribution in [3.63, 3.8) is 0 Å². The van der Waals surface area contributed by atoms with Crippen molar-refractivity contribution in [3.8, 4) is 0 Å². The van der Waals surface area contributed by atoms with Crippen LogP contribution in [0.15, 0.2) is 17.4 Å². The summed E-state index contributed by atoms with van der Waals surface area (Å²) in [5, 5.41) is 1.79. The van der Waals surface area contributed by atoms with E-state index < -0.39 is 9.84 Å². The van der Waals surface area contributed by atoms with Gasteiger partial charge in [-0.2, -0.15) is 0 Å². The van der Waals surface area contributed by atoms with Crippen molar-refractivity contribution < 1.29 is 17.9 Å². The van der Waals surface area contributed by atoms with E-state index in [9.17, 15) is 13.2 Å². The van der Waals surface area contributed by atoms with Crippen molar-refractivity contribution in [3.05, 3.63) is 17.3 Å². The van der Waals surface area contributed by atoms with Crippen molar-refractivity contribution in [1.82, 2.24) is 14.9 Å². The molecule has 7 nitrogen and oxygen atoms in total. The molecule has 0 radical (unpaired) electrons.